The zero-order valence-corrected chi connectivity index (χ0v) is 12.3. The van der Waals surface area contributed by atoms with Crippen LogP contribution in [0, 0.1) is 0 Å². The summed E-state index contributed by atoms with van der Waals surface area (Å²) in [7, 11) is 1.38. The predicted molar refractivity (Wildman–Crippen MR) is 71.9 cm³/mol. The van der Waals surface area contributed by atoms with E-state index in [-0.39, 0.29) is 19.6 Å². The minimum absolute atomic E-state index is 0.0581. The number of halogens is 1. The number of carbonyl (C=O) groups excluding carboxylic acids is 3. The molecule has 2 N–H and O–H groups in total. The van der Waals surface area contributed by atoms with Gasteiger partial charge in [-0.25, -0.2) is 14.0 Å². The van der Waals surface area contributed by atoms with E-state index in [4.69, 9.17) is 10.6 Å². The number of carbonyl (C=O) groups is 3. The van der Waals surface area contributed by atoms with Crippen LogP contribution in [0.3, 0.4) is 0 Å². The van der Waals surface area contributed by atoms with Gasteiger partial charge in [0.25, 0.3) is 0 Å². The Bertz CT molecular complexity index is 524. The average molecular weight is 315 g/mol. The van der Waals surface area contributed by atoms with Crippen LogP contribution in [-0.2, 0) is 19.2 Å². The molecule has 2 rings (SSSR count). The number of urea groups is 1. The van der Waals surface area contributed by atoms with Crippen molar-refractivity contribution in [3.05, 3.63) is 11.6 Å². The maximum atomic E-state index is 13.6. The average Bonchev–Trinajstić information content (AvgIpc) is 2.69. The van der Waals surface area contributed by atoms with Crippen LogP contribution in [0.15, 0.2) is 11.6 Å². The molecule has 22 heavy (non-hydrogen) atoms. The number of amides is 3. The first-order valence-electron chi connectivity index (χ1n) is 6.79. The molecule has 0 radical (unpaired) electrons. The fourth-order valence-corrected chi connectivity index (χ4v) is 2.58. The molecule has 0 aromatic carbocycles. The summed E-state index contributed by atoms with van der Waals surface area (Å²) >= 11 is 0. The molecule has 3 amide bonds. The number of hydrogen-bond donors (Lipinski definition) is 1. The van der Waals surface area contributed by atoms with Gasteiger partial charge in [0.15, 0.2) is 0 Å². The van der Waals surface area contributed by atoms with E-state index < -0.39 is 36.2 Å². The van der Waals surface area contributed by atoms with Gasteiger partial charge in [0, 0.05) is 20.1 Å². The normalized spacial score (nSPS) is 25.0. The minimum Gasteiger partial charge on any atom is -0.385 e. The molecule has 0 saturated carbocycles. The van der Waals surface area contributed by atoms with Crippen LogP contribution in [0.2, 0.25) is 0 Å². The Labute approximate surface area is 126 Å². The molecule has 0 aromatic heterocycles. The Morgan fingerprint density at radius 1 is 1.55 bits per heavy atom. The van der Waals surface area contributed by atoms with Gasteiger partial charge in [-0.05, 0) is 12.5 Å². The van der Waals surface area contributed by atoms with Crippen LogP contribution in [-0.4, -0.2) is 66.4 Å². The molecule has 2 aliphatic rings. The number of hydrogen-bond acceptors (Lipinski definition) is 5. The molecule has 0 unspecified atom stereocenters. The van der Waals surface area contributed by atoms with Crippen LogP contribution in [0.25, 0.3) is 0 Å². The molecule has 2 aliphatic heterocycles. The van der Waals surface area contributed by atoms with Crippen molar-refractivity contribution in [2.45, 2.75) is 31.6 Å². The van der Waals surface area contributed by atoms with Crippen molar-refractivity contribution in [1.82, 2.24) is 9.96 Å². The van der Waals surface area contributed by atoms with Gasteiger partial charge < -0.3 is 20.2 Å². The maximum Gasteiger partial charge on any atom is 0.366 e. The number of rotatable bonds is 6. The molecule has 122 valence electrons. The molecule has 9 heteroatoms. The summed E-state index contributed by atoms with van der Waals surface area (Å²) < 4.78 is 18.3. The van der Waals surface area contributed by atoms with Crippen molar-refractivity contribution in [3.63, 3.8) is 0 Å². The summed E-state index contributed by atoms with van der Waals surface area (Å²) in [6.07, 6.45) is -0.433. The minimum atomic E-state index is -1.89. The molecule has 2 bridgehead atoms. The highest BCUT2D eigenvalue weighted by atomic mass is 19.1. The Morgan fingerprint density at radius 3 is 2.82 bits per heavy atom. The Balaban J connectivity index is 2.07. The van der Waals surface area contributed by atoms with E-state index in [1.807, 2.05) is 0 Å². The number of ether oxygens (including phenoxy) is 1. The summed E-state index contributed by atoms with van der Waals surface area (Å²) in [6, 6.07) is -2.11. The van der Waals surface area contributed by atoms with Gasteiger partial charge in [-0.3, -0.25) is 4.79 Å². The van der Waals surface area contributed by atoms with Crippen LogP contribution < -0.4 is 5.73 Å². The highest BCUT2D eigenvalue weighted by Crippen LogP contribution is 2.29. The molecule has 2 heterocycles. The molecule has 0 spiro atoms. The van der Waals surface area contributed by atoms with Crippen LogP contribution in [0.1, 0.15) is 13.3 Å². The number of nitrogens with zero attached hydrogens (tertiary/aromatic N) is 2. The molecule has 0 aliphatic carbocycles. The third-order valence-corrected chi connectivity index (χ3v) is 3.61. The summed E-state index contributed by atoms with van der Waals surface area (Å²) in [6.45, 7) is 1.87. The molecule has 8 nitrogen and oxygen atoms in total. The summed E-state index contributed by atoms with van der Waals surface area (Å²) in [5.74, 6) is -1.84. The summed E-state index contributed by atoms with van der Waals surface area (Å²) in [5, 5.41) is 0.786. The van der Waals surface area contributed by atoms with Gasteiger partial charge in [0.1, 0.15) is 12.1 Å². The number of fused-ring (bicyclic) bond motifs is 2. The van der Waals surface area contributed by atoms with Gasteiger partial charge >= 0.3 is 12.0 Å². The van der Waals surface area contributed by atoms with E-state index in [2.05, 4.69) is 4.74 Å². The third-order valence-electron chi connectivity index (χ3n) is 3.61. The molecule has 1 saturated heterocycles. The predicted octanol–water partition coefficient (Wildman–Crippen LogP) is -0.261. The van der Waals surface area contributed by atoms with Crippen LogP contribution in [0.4, 0.5) is 9.18 Å². The quantitative estimate of drug-likeness (QED) is 0.680. The largest absolute Gasteiger partial charge is 0.385 e. The molecule has 0 aromatic rings. The van der Waals surface area contributed by atoms with Crippen LogP contribution in [0.5, 0.6) is 0 Å². The van der Waals surface area contributed by atoms with Crippen molar-refractivity contribution >= 4 is 17.9 Å². The zero-order valence-electron chi connectivity index (χ0n) is 12.3. The topological polar surface area (TPSA) is 102 Å². The summed E-state index contributed by atoms with van der Waals surface area (Å²) in [5.41, 5.74) is 5.87. The smallest absolute Gasteiger partial charge is 0.366 e. The fourth-order valence-electron chi connectivity index (χ4n) is 2.58. The Hall–Kier alpha value is -2.16. The lowest BCUT2D eigenvalue weighted by molar-refractivity contribution is -0.184. The van der Waals surface area contributed by atoms with Gasteiger partial charge in [-0.15, -0.1) is 5.06 Å². The summed E-state index contributed by atoms with van der Waals surface area (Å²) in [4.78, 5) is 41.4. The van der Waals surface area contributed by atoms with E-state index in [9.17, 15) is 18.8 Å². The number of hydroxylamine groups is 2. The van der Waals surface area contributed by atoms with E-state index in [1.165, 1.54) is 12.0 Å². The second kappa shape index (κ2) is 6.30. The number of primary amides is 1. The lowest BCUT2D eigenvalue weighted by Gasteiger charge is -2.27. The Kier molecular flexibility index (Phi) is 4.65. The zero-order chi connectivity index (χ0) is 16.4. The fraction of sp³-hybridized carbons (Fsp3) is 0.615. The monoisotopic (exact) mass is 315 g/mol. The molecular weight excluding hydrogens is 297 g/mol. The van der Waals surface area contributed by atoms with Gasteiger partial charge in [0.2, 0.25) is 12.1 Å². The lowest BCUT2D eigenvalue weighted by atomic mass is 10.0. The first kappa shape index (κ1) is 16.2. The van der Waals surface area contributed by atoms with Crippen molar-refractivity contribution in [3.8, 4) is 0 Å². The first-order chi connectivity index (χ1) is 10.4. The highest BCUT2D eigenvalue weighted by molar-refractivity contribution is 5.91. The molecule has 3 atom stereocenters. The van der Waals surface area contributed by atoms with E-state index in [0.29, 0.717) is 5.57 Å². The van der Waals surface area contributed by atoms with Gasteiger partial charge in [0.05, 0.1) is 6.54 Å². The van der Waals surface area contributed by atoms with E-state index in [1.54, 1.807) is 13.0 Å². The number of methoxy groups -OCH3 is 1. The lowest BCUT2D eigenvalue weighted by Crippen LogP contribution is -2.48. The van der Waals surface area contributed by atoms with E-state index in [0.717, 1.165) is 5.06 Å². The molecule has 1 fully saturated rings. The van der Waals surface area contributed by atoms with Crippen molar-refractivity contribution in [2.75, 3.05) is 20.3 Å². The maximum absolute atomic E-state index is 13.6. The second-order valence-electron chi connectivity index (χ2n) is 5.20. The highest BCUT2D eigenvalue weighted by Gasteiger charge is 2.48. The van der Waals surface area contributed by atoms with E-state index >= 15 is 0 Å². The molecular formula is C13H18FN3O5. The van der Waals surface area contributed by atoms with Crippen molar-refractivity contribution < 1.29 is 28.3 Å². The van der Waals surface area contributed by atoms with Crippen LogP contribution >= 0.6 is 0 Å². The first-order valence-corrected chi connectivity index (χ1v) is 6.79. The second-order valence-corrected chi connectivity index (χ2v) is 5.20. The third kappa shape index (κ3) is 2.89. The van der Waals surface area contributed by atoms with Crippen molar-refractivity contribution in [2.24, 2.45) is 5.73 Å². The number of nitrogens with two attached hydrogens (primary N) is 1. The van der Waals surface area contributed by atoms with Crippen molar-refractivity contribution in [1.29, 1.82) is 0 Å². The number of alkyl halides is 1. The Morgan fingerprint density at radius 2 is 2.23 bits per heavy atom. The SMILES string of the molecule is COCC[C@H](F)C(=O)ON1C(=O)N2C[C@H]1C=C(C)[C@H]2C(N)=O. The van der Waals surface area contributed by atoms with Gasteiger partial charge in [-0.2, -0.15) is 0 Å². The van der Waals surface area contributed by atoms with Gasteiger partial charge in [-0.1, -0.05) is 6.08 Å². The standard InChI is InChI=1S/C13H18FN3O5/c1-7-5-8-6-16(10(7)11(15)18)13(20)17(8)22-12(19)9(14)3-4-21-2/h5,8-10H,3-4,6H2,1-2H3,(H2,15,18)/t8-,9+,10+/m1/s1.